The number of hydrogen-bond acceptors (Lipinski definition) is 5. The van der Waals surface area contributed by atoms with Crippen molar-refractivity contribution in [2.75, 3.05) is 13.1 Å². The van der Waals surface area contributed by atoms with E-state index in [1.165, 1.54) is 26.3 Å². The van der Waals surface area contributed by atoms with Gasteiger partial charge in [0.15, 0.2) is 6.04 Å². The molecule has 0 spiro atoms. The van der Waals surface area contributed by atoms with Crippen LogP contribution in [-0.2, 0) is 4.79 Å². The minimum absolute atomic E-state index is 0.0288. The molecule has 1 aliphatic rings. The molecule has 0 unspecified atom stereocenters. The quantitative estimate of drug-likeness (QED) is 0.593. The lowest BCUT2D eigenvalue weighted by molar-refractivity contribution is -0.930. The van der Waals surface area contributed by atoms with E-state index in [1.807, 2.05) is 6.92 Å². The van der Waals surface area contributed by atoms with E-state index in [4.69, 9.17) is 5.73 Å². The molecule has 4 N–H and O–H groups in total. The van der Waals surface area contributed by atoms with Crippen molar-refractivity contribution in [2.45, 2.75) is 45.6 Å². The third-order valence-electron chi connectivity index (χ3n) is 5.94. The highest BCUT2D eigenvalue weighted by Crippen LogP contribution is 2.35. The Hall–Kier alpha value is -2.45. The van der Waals surface area contributed by atoms with Crippen molar-refractivity contribution in [3.63, 3.8) is 0 Å². The first-order chi connectivity index (χ1) is 13.8. The van der Waals surface area contributed by atoms with Crippen molar-refractivity contribution in [2.24, 2.45) is 11.7 Å². The summed E-state index contributed by atoms with van der Waals surface area (Å²) >= 11 is 1.49. The largest absolute Gasteiger partial charge is 0.492 e. The number of aryl methyl sites for hydroxylation is 1. The van der Waals surface area contributed by atoms with Crippen molar-refractivity contribution in [3.8, 4) is 5.88 Å². The number of nitrogens with one attached hydrogen (secondary N) is 1. The third kappa shape index (κ3) is 3.74. The Morgan fingerprint density at radius 3 is 2.41 bits per heavy atom. The average Bonchev–Trinajstić information content (AvgIpc) is 3.20. The SMILES string of the molecule is Cc1nc2sc([C@H](c3ccc(C(C)C)cc3)[NH+]3CCC(C(N)=O)CC3)c(O)n2n1. The van der Waals surface area contributed by atoms with E-state index in [1.54, 1.807) is 0 Å². The molecule has 1 saturated heterocycles. The van der Waals surface area contributed by atoms with Crippen LogP contribution in [0.1, 0.15) is 60.5 Å². The summed E-state index contributed by atoms with van der Waals surface area (Å²) in [6.45, 7) is 7.84. The molecule has 3 aromatic rings. The smallest absolute Gasteiger partial charge is 0.235 e. The van der Waals surface area contributed by atoms with E-state index in [-0.39, 0.29) is 23.7 Å². The Morgan fingerprint density at radius 1 is 1.24 bits per heavy atom. The minimum atomic E-state index is -0.209. The molecule has 7 nitrogen and oxygen atoms in total. The van der Waals surface area contributed by atoms with Crippen LogP contribution < -0.4 is 10.6 Å². The molecule has 1 amide bonds. The lowest BCUT2D eigenvalue weighted by atomic mass is 9.92. The second-order valence-corrected chi connectivity index (χ2v) is 9.24. The number of hydrogen-bond donors (Lipinski definition) is 3. The molecule has 1 aliphatic heterocycles. The number of nitrogens with zero attached hydrogens (tertiary/aromatic N) is 3. The molecule has 154 valence electrons. The van der Waals surface area contributed by atoms with Crippen molar-refractivity contribution in [1.82, 2.24) is 14.6 Å². The number of aromatic nitrogens is 3. The number of fused-ring (bicyclic) bond motifs is 1. The second kappa shape index (κ2) is 7.76. The number of piperidine rings is 1. The summed E-state index contributed by atoms with van der Waals surface area (Å²) in [5.74, 6) is 1.01. The first-order valence-corrected chi connectivity index (χ1v) is 11.0. The van der Waals surface area contributed by atoms with Gasteiger partial charge in [0, 0.05) is 24.3 Å². The number of likely N-dealkylation sites (tertiary alicyclic amines) is 1. The van der Waals surface area contributed by atoms with Gasteiger partial charge in [-0.2, -0.15) is 4.52 Å². The Labute approximate surface area is 174 Å². The Balaban J connectivity index is 1.73. The molecule has 1 fully saturated rings. The van der Waals surface area contributed by atoms with Crippen LogP contribution in [0.25, 0.3) is 4.96 Å². The zero-order valence-corrected chi connectivity index (χ0v) is 17.9. The molecule has 29 heavy (non-hydrogen) atoms. The van der Waals surface area contributed by atoms with Crippen LogP contribution >= 0.6 is 11.3 Å². The summed E-state index contributed by atoms with van der Waals surface area (Å²) in [5, 5.41) is 15.3. The highest BCUT2D eigenvalue weighted by atomic mass is 32.1. The van der Waals surface area contributed by atoms with Gasteiger partial charge >= 0.3 is 0 Å². The summed E-state index contributed by atoms with van der Waals surface area (Å²) in [5.41, 5.74) is 7.97. The highest BCUT2D eigenvalue weighted by molar-refractivity contribution is 7.17. The number of aromatic hydroxyl groups is 1. The first kappa shape index (κ1) is 19.8. The topological polar surface area (TPSA) is 98.0 Å². The lowest BCUT2D eigenvalue weighted by Gasteiger charge is -2.33. The van der Waals surface area contributed by atoms with Crippen LogP contribution in [0, 0.1) is 12.8 Å². The van der Waals surface area contributed by atoms with E-state index in [0.717, 1.165) is 36.4 Å². The van der Waals surface area contributed by atoms with Gasteiger partial charge in [0.05, 0.1) is 13.1 Å². The molecule has 1 aromatic carbocycles. The van der Waals surface area contributed by atoms with Crippen LogP contribution in [0.3, 0.4) is 0 Å². The predicted octanol–water partition coefficient (Wildman–Crippen LogP) is 1.80. The maximum atomic E-state index is 11.6. The fourth-order valence-corrected chi connectivity index (χ4v) is 5.43. The van der Waals surface area contributed by atoms with Crippen LogP contribution in [0.5, 0.6) is 5.88 Å². The summed E-state index contributed by atoms with van der Waals surface area (Å²) in [6.07, 6.45) is 1.54. The van der Waals surface area contributed by atoms with Gasteiger partial charge in [0.1, 0.15) is 10.7 Å². The van der Waals surface area contributed by atoms with Gasteiger partial charge in [-0.25, -0.2) is 4.98 Å². The number of primary amides is 1. The number of benzene rings is 1. The highest BCUT2D eigenvalue weighted by Gasteiger charge is 2.36. The fraction of sp³-hybridized carbons (Fsp3) is 0.476. The third-order valence-corrected chi connectivity index (χ3v) is 7.03. The maximum Gasteiger partial charge on any atom is 0.235 e. The number of carbonyl (C=O) groups excluding carboxylic acids is 1. The van der Waals surface area contributed by atoms with Gasteiger partial charge in [-0.3, -0.25) is 4.79 Å². The van der Waals surface area contributed by atoms with Crippen molar-refractivity contribution >= 4 is 22.2 Å². The molecular weight excluding hydrogens is 386 g/mol. The van der Waals surface area contributed by atoms with E-state index in [2.05, 4.69) is 48.2 Å². The van der Waals surface area contributed by atoms with Crippen LogP contribution in [0.15, 0.2) is 24.3 Å². The number of nitrogens with two attached hydrogens (primary N) is 1. The average molecular weight is 415 g/mol. The number of thiazole rings is 1. The standard InChI is InChI=1S/C21H27N5O2S/c1-12(2)14-4-6-15(7-5-14)17(25-10-8-16(9-11-25)19(22)27)18-20(28)26-21(29-18)23-13(3)24-26/h4-7,12,16-17,28H,8-11H2,1-3H3,(H2,22,27)/p+1/t17-/m0/s1. The van der Waals surface area contributed by atoms with Crippen molar-refractivity contribution in [3.05, 3.63) is 46.1 Å². The summed E-state index contributed by atoms with van der Waals surface area (Å²) in [6, 6.07) is 8.63. The molecule has 2 aromatic heterocycles. The van der Waals surface area contributed by atoms with Gasteiger partial charge in [-0.1, -0.05) is 49.4 Å². The van der Waals surface area contributed by atoms with Gasteiger partial charge in [-0.05, 0) is 18.4 Å². The molecule has 1 atom stereocenters. The van der Waals surface area contributed by atoms with Crippen LogP contribution in [0.2, 0.25) is 0 Å². The number of quaternary nitrogens is 1. The first-order valence-electron chi connectivity index (χ1n) is 10.1. The van der Waals surface area contributed by atoms with E-state index >= 15 is 0 Å². The molecule has 3 heterocycles. The fourth-order valence-electron chi connectivity index (χ4n) is 4.24. The summed E-state index contributed by atoms with van der Waals surface area (Å²) in [7, 11) is 0. The summed E-state index contributed by atoms with van der Waals surface area (Å²) in [4.78, 5) is 18.9. The molecule has 0 bridgehead atoms. The zero-order valence-electron chi connectivity index (χ0n) is 17.1. The van der Waals surface area contributed by atoms with Crippen molar-refractivity contribution < 1.29 is 14.8 Å². The van der Waals surface area contributed by atoms with Crippen LogP contribution in [0.4, 0.5) is 0 Å². The second-order valence-electron chi connectivity index (χ2n) is 8.23. The minimum Gasteiger partial charge on any atom is -0.492 e. The van der Waals surface area contributed by atoms with E-state index < -0.39 is 0 Å². The summed E-state index contributed by atoms with van der Waals surface area (Å²) < 4.78 is 1.53. The van der Waals surface area contributed by atoms with E-state index in [9.17, 15) is 9.90 Å². The molecule has 4 rings (SSSR count). The monoisotopic (exact) mass is 414 g/mol. The Morgan fingerprint density at radius 2 is 1.86 bits per heavy atom. The molecule has 0 aliphatic carbocycles. The lowest BCUT2D eigenvalue weighted by Crippen LogP contribution is -3.13. The number of rotatable bonds is 5. The van der Waals surface area contributed by atoms with E-state index in [0.29, 0.717) is 16.7 Å². The molecule has 0 radical (unpaired) electrons. The zero-order chi connectivity index (χ0) is 20.7. The Bertz CT molecular complexity index is 1020. The van der Waals surface area contributed by atoms with Crippen LogP contribution in [-0.4, -0.2) is 38.7 Å². The normalized spacial score (nSPS) is 21.0. The van der Waals surface area contributed by atoms with Crippen molar-refractivity contribution in [1.29, 1.82) is 0 Å². The predicted molar refractivity (Wildman–Crippen MR) is 112 cm³/mol. The maximum absolute atomic E-state index is 11.6. The van der Waals surface area contributed by atoms with Gasteiger partial charge in [-0.15, -0.1) is 5.10 Å². The molecule has 8 heteroatoms. The van der Waals surface area contributed by atoms with Gasteiger partial charge in [0.25, 0.3) is 0 Å². The Kier molecular flexibility index (Phi) is 5.31. The van der Waals surface area contributed by atoms with Gasteiger partial charge < -0.3 is 15.7 Å². The molecule has 0 saturated carbocycles. The number of amides is 1. The number of carbonyl (C=O) groups is 1. The molecular formula is C21H28N5O2S+. The van der Waals surface area contributed by atoms with Gasteiger partial charge in [0.2, 0.25) is 16.7 Å².